The summed E-state index contributed by atoms with van der Waals surface area (Å²) in [5.41, 5.74) is 0.856. The van der Waals surface area contributed by atoms with E-state index in [-0.39, 0.29) is 0 Å². The number of aliphatic hydroxyl groups is 1. The molecule has 6 nitrogen and oxygen atoms in total. The highest BCUT2D eigenvalue weighted by atomic mass is 16.3. The number of aliphatic hydroxyl groups excluding tert-OH is 1. The van der Waals surface area contributed by atoms with E-state index in [0.29, 0.717) is 18.3 Å². The molecule has 0 amide bonds. The normalized spacial score (nSPS) is 14.8. The number of H-pyrrole nitrogens is 1. The highest BCUT2D eigenvalue weighted by molar-refractivity contribution is 5.04. The second-order valence-electron chi connectivity index (χ2n) is 4.13. The van der Waals surface area contributed by atoms with Crippen LogP contribution in [0.2, 0.25) is 0 Å². The van der Waals surface area contributed by atoms with Crippen molar-refractivity contribution in [3.63, 3.8) is 0 Å². The highest BCUT2D eigenvalue weighted by Gasteiger charge is 2.13. The zero-order valence-electron chi connectivity index (χ0n) is 10.0. The molecule has 2 aromatic heterocycles. The van der Waals surface area contributed by atoms with Gasteiger partial charge >= 0.3 is 0 Å². The molecule has 0 aromatic carbocycles. The SMILES string of the molecule is CCC(C)n1ccc(CC(O)c2ncn[nH]2)n1. The lowest BCUT2D eigenvalue weighted by molar-refractivity contribution is 0.167. The number of aromatic amines is 1. The Kier molecular flexibility index (Phi) is 3.53. The summed E-state index contributed by atoms with van der Waals surface area (Å²) in [6.07, 6.45) is 4.12. The molecule has 0 saturated carbocycles. The summed E-state index contributed by atoms with van der Waals surface area (Å²) < 4.78 is 1.92. The van der Waals surface area contributed by atoms with Gasteiger partial charge in [-0.3, -0.25) is 9.78 Å². The van der Waals surface area contributed by atoms with Crippen molar-refractivity contribution < 1.29 is 5.11 Å². The first-order chi connectivity index (χ1) is 8.20. The van der Waals surface area contributed by atoms with Crippen LogP contribution in [-0.4, -0.2) is 30.1 Å². The predicted molar refractivity (Wildman–Crippen MR) is 62.3 cm³/mol. The van der Waals surface area contributed by atoms with Crippen LogP contribution in [0.3, 0.4) is 0 Å². The fourth-order valence-electron chi connectivity index (χ4n) is 1.59. The van der Waals surface area contributed by atoms with Gasteiger partial charge < -0.3 is 5.11 Å². The maximum atomic E-state index is 9.88. The van der Waals surface area contributed by atoms with Crippen LogP contribution in [-0.2, 0) is 6.42 Å². The Morgan fingerprint density at radius 2 is 2.35 bits per heavy atom. The molecule has 2 atom stereocenters. The van der Waals surface area contributed by atoms with Crippen molar-refractivity contribution in [1.82, 2.24) is 25.0 Å². The zero-order chi connectivity index (χ0) is 12.3. The summed E-state index contributed by atoms with van der Waals surface area (Å²) >= 11 is 0. The van der Waals surface area contributed by atoms with Gasteiger partial charge in [-0.15, -0.1) is 0 Å². The van der Waals surface area contributed by atoms with E-state index in [9.17, 15) is 5.11 Å². The number of rotatable bonds is 5. The minimum absolute atomic E-state index is 0.381. The second-order valence-corrected chi connectivity index (χ2v) is 4.13. The molecule has 0 bridgehead atoms. The monoisotopic (exact) mass is 235 g/mol. The molecule has 0 saturated heterocycles. The van der Waals surface area contributed by atoms with Gasteiger partial charge in [0.25, 0.3) is 0 Å². The molecule has 2 unspecified atom stereocenters. The lowest BCUT2D eigenvalue weighted by Gasteiger charge is -2.08. The third kappa shape index (κ3) is 2.71. The van der Waals surface area contributed by atoms with Gasteiger partial charge in [-0.05, 0) is 19.4 Å². The molecular weight excluding hydrogens is 218 g/mol. The molecule has 6 heteroatoms. The molecule has 0 fully saturated rings. The van der Waals surface area contributed by atoms with Gasteiger partial charge in [-0.25, -0.2) is 4.98 Å². The largest absolute Gasteiger partial charge is 0.385 e. The van der Waals surface area contributed by atoms with E-state index >= 15 is 0 Å². The molecule has 0 spiro atoms. The number of nitrogens with one attached hydrogen (secondary N) is 1. The maximum absolute atomic E-state index is 9.88. The molecule has 2 heterocycles. The Balaban J connectivity index is 2.02. The molecule has 0 aliphatic rings. The van der Waals surface area contributed by atoms with Crippen LogP contribution in [0.5, 0.6) is 0 Å². The Bertz CT molecular complexity index is 450. The van der Waals surface area contributed by atoms with Crippen molar-refractivity contribution in [2.24, 2.45) is 0 Å². The number of nitrogens with zero attached hydrogens (tertiary/aromatic N) is 4. The van der Waals surface area contributed by atoms with Gasteiger partial charge in [0.2, 0.25) is 0 Å². The number of aromatic nitrogens is 5. The average molecular weight is 235 g/mol. The van der Waals surface area contributed by atoms with Crippen LogP contribution in [0.1, 0.15) is 43.9 Å². The van der Waals surface area contributed by atoms with Crippen molar-refractivity contribution >= 4 is 0 Å². The molecule has 2 aromatic rings. The van der Waals surface area contributed by atoms with Crippen LogP contribution in [0.4, 0.5) is 0 Å². The van der Waals surface area contributed by atoms with Crippen molar-refractivity contribution in [2.75, 3.05) is 0 Å². The van der Waals surface area contributed by atoms with E-state index in [1.54, 1.807) is 0 Å². The molecule has 0 radical (unpaired) electrons. The van der Waals surface area contributed by atoms with E-state index in [2.05, 4.69) is 34.1 Å². The predicted octanol–water partition coefficient (Wildman–Crippen LogP) is 1.25. The van der Waals surface area contributed by atoms with E-state index in [4.69, 9.17) is 0 Å². The molecule has 0 aliphatic heterocycles. The van der Waals surface area contributed by atoms with E-state index < -0.39 is 6.10 Å². The first-order valence-electron chi connectivity index (χ1n) is 5.78. The smallest absolute Gasteiger partial charge is 0.153 e. The highest BCUT2D eigenvalue weighted by Crippen LogP contribution is 2.15. The summed E-state index contributed by atoms with van der Waals surface area (Å²) in [6, 6.07) is 2.30. The fraction of sp³-hybridized carbons (Fsp3) is 0.545. The maximum Gasteiger partial charge on any atom is 0.153 e. The summed E-state index contributed by atoms with van der Waals surface area (Å²) in [5, 5.41) is 20.7. The molecule has 2 rings (SSSR count). The third-order valence-corrected chi connectivity index (χ3v) is 2.86. The number of hydrogen-bond acceptors (Lipinski definition) is 4. The topological polar surface area (TPSA) is 79.6 Å². The van der Waals surface area contributed by atoms with Crippen molar-refractivity contribution in [1.29, 1.82) is 0 Å². The first kappa shape index (κ1) is 11.8. The van der Waals surface area contributed by atoms with Crippen molar-refractivity contribution in [3.05, 3.63) is 30.1 Å². The van der Waals surface area contributed by atoms with Crippen LogP contribution < -0.4 is 0 Å². The van der Waals surface area contributed by atoms with Gasteiger partial charge in [0, 0.05) is 18.7 Å². The minimum Gasteiger partial charge on any atom is -0.385 e. The van der Waals surface area contributed by atoms with Gasteiger partial charge in [0.15, 0.2) is 5.82 Å². The Morgan fingerprint density at radius 3 is 3.00 bits per heavy atom. The minimum atomic E-state index is -0.683. The molecule has 0 aliphatic carbocycles. The Hall–Kier alpha value is -1.69. The molecule has 92 valence electrons. The van der Waals surface area contributed by atoms with E-state index in [1.165, 1.54) is 6.33 Å². The Labute approximate surface area is 99.7 Å². The first-order valence-corrected chi connectivity index (χ1v) is 5.78. The second kappa shape index (κ2) is 5.09. The van der Waals surface area contributed by atoms with Crippen molar-refractivity contribution in [2.45, 2.75) is 38.8 Å². The van der Waals surface area contributed by atoms with Gasteiger partial charge in [-0.1, -0.05) is 6.92 Å². The van der Waals surface area contributed by atoms with Crippen LogP contribution in [0.15, 0.2) is 18.6 Å². The van der Waals surface area contributed by atoms with E-state index in [0.717, 1.165) is 12.1 Å². The quantitative estimate of drug-likeness (QED) is 0.817. The average Bonchev–Trinajstić information content (AvgIpc) is 2.98. The van der Waals surface area contributed by atoms with E-state index in [1.807, 2.05) is 16.9 Å². The molecule has 2 N–H and O–H groups in total. The third-order valence-electron chi connectivity index (χ3n) is 2.86. The standard InChI is InChI=1S/C11H17N5O/c1-3-8(2)16-5-4-9(15-16)6-10(17)11-12-7-13-14-11/h4-5,7-8,10,17H,3,6H2,1-2H3,(H,12,13,14). The van der Waals surface area contributed by atoms with Crippen LogP contribution >= 0.6 is 0 Å². The summed E-state index contributed by atoms with van der Waals surface area (Å²) in [5.74, 6) is 0.475. The number of hydrogen-bond donors (Lipinski definition) is 2. The lowest BCUT2D eigenvalue weighted by Crippen LogP contribution is -2.07. The lowest BCUT2D eigenvalue weighted by atomic mass is 10.2. The molecular formula is C11H17N5O. The fourth-order valence-corrected chi connectivity index (χ4v) is 1.59. The van der Waals surface area contributed by atoms with Gasteiger partial charge in [-0.2, -0.15) is 10.2 Å². The van der Waals surface area contributed by atoms with Gasteiger partial charge in [0.05, 0.1) is 5.69 Å². The van der Waals surface area contributed by atoms with Crippen molar-refractivity contribution in [3.8, 4) is 0 Å². The van der Waals surface area contributed by atoms with Gasteiger partial charge in [0.1, 0.15) is 12.4 Å². The van der Waals surface area contributed by atoms with Crippen LogP contribution in [0, 0.1) is 0 Å². The summed E-state index contributed by atoms with van der Waals surface area (Å²) in [4.78, 5) is 3.92. The zero-order valence-corrected chi connectivity index (χ0v) is 10.0. The Morgan fingerprint density at radius 1 is 1.53 bits per heavy atom. The summed E-state index contributed by atoms with van der Waals surface area (Å²) in [7, 11) is 0. The van der Waals surface area contributed by atoms with Crippen LogP contribution in [0.25, 0.3) is 0 Å². The summed E-state index contributed by atoms with van der Waals surface area (Å²) in [6.45, 7) is 4.24. The molecule has 17 heavy (non-hydrogen) atoms.